The van der Waals surface area contributed by atoms with Crippen molar-refractivity contribution >= 4 is 10.9 Å². The molecule has 0 aliphatic carbocycles. The Bertz CT molecular complexity index is 740. The van der Waals surface area contributed by atoms with Crippen LogP contribution >= 0.6 is 0 Å². The maximum absolute atomic E-state index is 11.9. The van der Waals surface area contributed by atoms with Crippen molar-refractivity contribution in [1.29, 1.82) is 0 Å². The molecule has 1 aromatic heterocycles. The summed E-state index contributed by atoms with van der Waals surface area (Å²) >= 11 is 0. The molecule has 0 spiro atoms. The molecule has 0 saturated carbocycles. The quantitative estimate of drug-likeness (QED) is 0.739. The van der Waals surface area contributed by atoms with Gasteiger partial charge in [-0.05, 0) is 29.5 Å². The van der Waals surface area contributed by atoms with E-state index < -0.39 is 0 Å². The van der Waals surface area contributed by atoms with Crippen LogP contribution in [0.25, 0.3) is 10.9 Å². The summed E-state index contributed by atoms with van der Waals surface area (Å²) in [6.45, 7) is 2.16. The molecule has 0 aliphatic heterocycles. The average Bonchev–Trinajstić information content (AvgIpc) is 2.82. The lowest BCUT2D eigenvalue weighted by molar-refractivity contribution is 0.765. The molecule has 0 amide bonds. The summed E-state index contributed by atoms with van der Waals surface area (Å²) in [5.74, 6) is 0.308. The number of aromatic amines is 2. The van der Waals surface area contributed by atoms with E-state index in [1.54, 1.807) is 0 Å². The number of hydrogen-bond donors (Lipinski definition) is 2. The van der Waals surface area contributed by atoms with Gasteiger partial charge in [0.25, 0.3) is 5.56 Å². The molecule has 3 heteroatoms. The van der Waals surface area contributed by atoms with Gasteiger partial charge in [-0.25, -0.2) is 0 Å². The summed E-state index contributed by atoms with van der Waals surface area (Å²) in [5, 5.41) is 6.35. The third-order valence-corrected chi connectivity index (χ3v) is 3.55. The van der Waals surface area contributed by atoms with Crippen molar-refractivity contribution in [3.05, 3.63) is 70.0 Å². The van der Waals surface area contributed by atoms with Gasteiger partial charge in [0, 0.05) is 0 Å². The van der Waals surface area contributed by atoms with Crippen LogP contribution in [0.3, 0.4) is 0 Å². The summed E-state index contributed by atoms with van der Waals surface area (Å²) in [6.07, 6.45) is 0.935. The highest BCUT2D eigenvalue weighted by Gasteiger charge is 2.13. The second kappa shape index (κ2) is 4.76. The Balaban J connectivity index is 2.00. The van der Waals surface area contributed by atoms with Gasteiger partial charge in [0.05, 0.1) is 10.9 Å². The van der Waals surface area contributed by atoms with Gasteiger partial charge in [-0.15, -0.1) is 0 Å². The first-order valence-electron chi connectivity index (χ1n) is 6.49. The molecule has 3 rings (SSSR count). The minimum atomic E-state index is -0.0366. The van der Waals surface area contributed by atoms with E-state index >= 15 is 0 Å². The predicted molar refractivity (Wildman–Crippen MR) is 77.5 cm³/mol. The van der Waals surface area contributed by atoms with Crippen LogP contribution in [0, 0.1) is 0 Å². The highest BCUT2D eigenvalue weighted by atomic mass is 16.1. The van der Waals surface area contributed by atoms with Crippen molar-refractivity contribution in [2.24, 2.45) is 0 Å². The Hall–Kier alpha value is -2.29. The SMILES string of the molecule is CC(Cc1ccccc1)c1cccc2[nH][nH]c(=O)c12. The largest absolute Gasteiger partial charge is 0.298 e. The van der Waals surface area contributed by atoms with Crippen LogP contribution in [-0.4, -0.2) is 10.2 Å². The van der Waals surface area contributed by atoms with Crippen LogP contribution in [-0.2, 0) is 6.42 Å². The molecule has 0 radical (unpaired) electrons. The number of aromatic nitrogens is 2. The number of rotatable bonds is 3. The van der Waals surface area contributed by atoms with Crippen LogP contribution in [0.4, 0.5) is 0 Å². The molecule has 0 saturated heterocycles. The number of hydrogen-bond acceptors (Lipinski definition) is 1. The van der Waals surface area contributed by atoms with Crippen LogP contribution in [0.2, 0.25) is 0 Å². The molecule has 0 fully saturated rings. The molecule has 2 N–H and O–H groups in total. The second-order valence-electron chi connectivity index (χ2n) is 4.94. The molecule has 1 unspecified atom stereocenters. The van der Waals surface area contributed by atoms with Gasteiger partial charge >= 0.3 is 0 Å². The smallest absolute Gasteiger partial charge is 0.272 e. The molecular weight excluding hydrogens is 236 g/mol. The molecule has 19 heavy (non-hydrogen) atoms. The zero-order valence-electron chi connectivity index (χ0n) is 10.8. The fourth-order valence-corrected chi connectivity index (χ4v) is 2.60. The van der Waals surface area contributed by atoms with Gasteiger partial charge < -0.3 is 0 Å². The second-order valence-corrected chi connectivity index (χ2v) is 4.94. The minimum absolute atomic E-state index is 0.0366. The summed E-state index contributed by atoms with van der Waals surface area (Å²) in [7, 11) is 0. The van der Waals surface area contributed by atoms with Gasteiger partial charge in [-0.2, -0.15) is 0 Å². The van der Waals surface area contributed by atoms with Gasteiger partial charge in [0.1, 0.15) is 0 Å². The number of fused-ring (bicyclic) bond motifs is 1. The zero-order chi connectivity index (χ0) is 13.2. The van der Waals surface area contributed by atoms with Gasteiger partial charge in [-0.3, -0.25) is 15.0 Å². The van der Waals surface area contributed by atoms with Crippen LogP contribution in [0.15, 0.2) is 53.3 Å². The van der Waals surface area contributed by atoms with Crippen molar-refractivity contribution in [3.63, 3.8) is 0 Å². The van der Waals surface area contributed by atoms with Crippen molar-refractivity contribution in [3.8, 4) is 0 Å². The minimum Gasteiger partial charge on any atom is -0.298 e. The molecule has 1 heterocycles. The highest BCUT2D eigenvalue weighted by molar-refractivity contribution is 5.81. The van der Waals surface area contributed by atoms with E-state index in [1.165, 1.54) is 5.56 Å². The Morgan fingerprint density at radius 3 is 2.58 bits per heavy atom. The topological polar surface area (TPSA) is 48.6 Å². The summed E-state index contributed by atoms with van der Waals surface area (Å²) in [6, 6.07) is 16.3. The van der Waals surface area contributed by atoms with Crippen LogP contribution in [0.1, 0.15) is 24.0 Å². The van der Waals surface area contributed by atoms with Gasteiger partial charge in [-0.1, -0.05) is 49.4 Å². The molecular formula is C16H16N2O. The van der Waals surface area contributed by atoms with Crippen molar-refractivity contribution in [2.45, 2.75) is 19.3 Å². The molecule has 0 aliphatic rings. The Labute approximate surface area is 111 Å². The van der Waals surface area contributed by atoms with E-state index in [4.69, 9.17) is 0 Å². The van der Waals surface area contributed by atoms with Crippen LogP contribution in [0.5, 0.6) is 0 Å². The van der Waals surface area contributed by atoms with Crippen molar-refractivity contribution < 1.29 is 0 Å². The molecule has 3 nitrogen and oxygen atoms in total. The van der Waals surface area contributed by atoms with E-state index in [2.05, 4.69) is 29.3 Å². The first-order valence-corrected chi connectivity index (χ1v) is 6.49. The van der Waals surface area contributed by atoms with Gasteiger partial charge in [0.2, 0.25) is 0 Å². The van der Waals surface area contributed by atoms with Gasteiger partial charge in [0.15, 0.2) is 0 Å². The monoisotopic (exact) mass is 252 g/mol. The zero-order valence-corrected chi connectivity index (χ0v) is 10.8. The lowest BCUT2D eigenvalue weighted by Gasteiger charge is -2.12. The Kier molecular flexibility index (Phi) is 2.95. The fraction of sp³-hybridized carbons (Fsp3) is 0.188. The molecule has 96 valence electrons. The van der Waals surface area contributed by atoms with Crippen molar-refractivity contribution in [1.82, 2.24) is 10.2 Å². The number of benzene rings is 2. The summed E-state index contributed by atoms with van der Waals surface area (Å²) < 4.78 is 0. The molecule has 2 aromatic carbocycles. The first-order chi connectivity index (χ1) is 9.25. The van der Waals surface area contributed by atoms with E-state index in [9.17, 15) is 4.79 Å². The van der Waals surface area contributed by atoms with Crippen molar-refractivity contribution in [2.75, 3.05) is 0 Å². The third-order valence-electron chi connectivity index (χ3n) is 3.55. The fourth-order valence-electron chi connectivity index (χ4n) is 2.60. The highest BCUT2D eigenvalue weighted by Crippen LogP contribution is 2.25. The Morgan fingerprint density at radius 2 is 1.79 bits per heavy atom. The first kappa shape index (κ1) is 11.8. The standard InChI is InChI=1S/C16H16N2O/c1-11(10-12-6-3-2-4-7-12)13-8-5-9-14-15(13)16(19)18-17-14/h2-9,11H,10H2,1H3,(H2,17,18,19). The maximum Gasteiger partial charge on any atom is 0.272 e. The molecule has 0 bridgehead atoms. The number of nitrogens with one attached hydrogen (secondary N) is 2. The van der Waals surface area contributed by atoms with E-state index in [0.29, 0.717) is 5.92 Å². The van der Waals surface area contributed by atoms with Crippen LogP contribution < -0.4 is 5.56 Å². The van der Waals surface area contributed by atoms with E-state index in [1.807, 2.05) is 36.4 Å². The normalized spacial score (nSPS) is 12.7. The average molecular weight is 252 g/mol. The number of H-pyrrole nitrogens is 2. The van der Waals surface area contributed by atoms with E-state index in [0.717, 1.165) is 22.9 Å². The lowest BCUT2D eigenvalue weighted by Crippen LogP contribution is -2.05. The Morgan fingerprint density at radius 1 is 1.00 bits per heavy atom. The maximum atomic E-state index is 11.9. The lowest BCUT2D eigenvalue weighted by atomic mass is 9.91. The summed E-state index contributed by atoms with van der Waals surface area (Å²) in [4.78, 5) is 11.9. The molecule has 3 aromatic rings. The summed E-state index contributed by atoms with van der Waals surface area (Å²) in [5.41, 5.74) is 3.23. The van der Waals surface area contributed by atoms with E-state index in [-0.39, 0.29) is 5.56 Å². The third kappa shape index (κ3) is 2.19. The predicted octanol–water partition coefficient (Wildman–Crippen LogP) is 3.20. The molecule has 1 atom stereocenters.